The van der Waals surface area contributed by atoms with Crippen molar-refractivity contribution >= 4 is 11.3 Å². The maximum absolute atomic E-state index is 5.98. The number of nitrogens with zero attached hydrogens (tertiary/aromatic N) is 5. The average Bonchev–Trinajstić information content (AvgIpc) is 3.16. The number of hydrogen-bond donors (Lipinski definition) is 0. The highest BCUT2D eigenvalue weighted by Gasteiger charge is 2.36. The Kier molecular flexibility index (Phi) is 4.19. The van der Waals surface area contributed by atoms with Crippen molar-refractivity contribution in [2.75, 3.05) is 27.2 Å². The SMILES string of the molecule is CN(C)Cc1csc(CN2CC[C@@H]3OCc4cnnn4[C@H]3C2)c1. The summed E-state index contributed by atoms with van der Waals surface area (Å²) in [6.45, 7) is 4.75. The van der Waals surface area contributed by atoms with Crippen molar-refractivity contribution in [3.05, 3.63) is 33.8 Å². The molecule has 0 amide bonds. The molecule has 0 bridgehead atoms. The first-order chi connectivity index (χ1) is 11.2. The summed E-state index contributed by atoms with van der Waals surface area (Å²) in [5.41, 5.74) is 2.50. The Balaban J connectivity index is 1.43. The van der Waals surface area contributed by atoms with Crippen LogP contribution < -0.4 is 0 Å². The third kappa shape index (κ3) is 3.19. The summed E-state index contributed by atoms with van der Waals surface area (Å²) in [5.74, 6) is 0. The van der Waals surface area contributed by atoms with Gasteiger partial charge in [-0.25, -0.2) is 4.68 Å². The zero-order valence-corrected chi connectivity index (χ0v) is 14.5. The molecule has 0 aromatic carbocycles. The summed E-state index contributed by atoms with van der Waals surface area (Å²) in [6.07, 6.45) is 3.18. The molecule has 2 atom stereocenters. The second-order valence-corrected chi connectivity index (χ2v) is 7.77. The Morgan fingerprint density at radius 2 is 2.35 bits per heavy atom. The van der Waals surface area contributed by atoms with E-state index in [1.165, 1.54) is 10.4 Å². The highest BCUT2D eigenvalue weighted by atomic mass is 32.1. The van der Waals surface area contributed by atoms with E-state index in [-0.39, 0.29) is 6.10 Å². The molecule has 6 nitrogen and oxygen atoms in total. The molecule has 1 saturated heterocycles. The second-order valence-electron chi connectivity index (χ2n) is 6.77. The van der Waals surface area contributed by atoms with Crippen molar-refractivity contribution in [3.8, 4) is 0 Å². The summed E-state index contributed by atoms with van der Waals surface area (Å²) in [5, 5.41) is 10.6. The Hall–Kier alpha value is -1.28. The minimum Gasteiger partial charge on any atom is -0.370 e. The first kappa shape index (κ1) is 15.3. The van der Waals surface area contributed by atoms with E-state index in [9.17, 15) is 0 Å². The van der Waals surface area contributed by atoms with Gasteiger partial charge in [0.2, 0.25) is 0 Å². The average molecular weight is 333 g/mol. The van der Waals surface area contributed by atoms with E-state index in [1.807, 2.05) is 17.5 Å². The molecule has 0 aliphatic carbocycles. The van der Waals surface area contributed by atoms with Gasteiger partial charge in [-0.1, -0.05) is 5.21 Å². The highest BCUT2D eigenvalue weighted by Crippen LogP contribution is 2.31. The third-order valence-electron chi connectivity index (χ3n) is 4.60. The lowest BCUT2D eigenvalue weighted by atomic mass is 10.0. The number of piperidine rings is 1. The largest absolute Gasteiger partial charge is 0.370 e. The number of aromatic nitrogens is 3. The normalized spacial score (nSPS) is 24.7. The molecular weight excluding hydrogens is 310 g/mol. The van der Waals surface area contributed by atoms with Crippen LogP contribution in [-0.2, 0) is 24.4 Å². The van der Waals surface area contributed by atoms with Crippen LogP contribution in [0.5, 0.6) is 0 Å². The predicted molar refractivity (Wildman–Crippen MR) is 89.2 cm³/mol. The molecule has 2 aromatic heterocycles. The van der Waals surface area contributed by atoms with Gasteiger partial charge >= 0.3 is 0 Å². The lowest BCUT2D eigenvalue weighted by Crippen LogP contribution is -2.47. The van der Waals surface area contributed by atoms with Crippen LogP contribution in [0.1, 0.15) is 28.6 Å². The maximum Gasteiger partial charge on any atom is 0.0930 e. The zero-order valence-electron chi connectivity index (χ0n) is 13.7. The number of hydrogen-bond acceptors (Lipinski definition) is 6. The van der Waals surface area contributed by atoms with Crippen LogP contribution in [0.3, 0.4) is 0 Å². The molecule has 4 heterocycles. The molecule has 0 N–H and O–H groups in total. The van der Waals surface area contributed by atoms with Crippen molar-refractivity contribution in [1.82, 2.24) is 24.8 Å². The van der Waals surface area contributed by atoms with Crippen molar-refractivity contribution in [3.63, 3.8) is 0 Å². The van der Waals surface area contributed by atoms with Crippen LogP contribution in [0.25, 0.3) is 0 Å². The number of thiophene rings is 1. The second kappa shape index (κ2) is 6.32. The molecule has 2 aliphatic heterocycles. The summed E-state index contributed by atoms with van der Waals surface area (Å²) < 4.78 is 8.06. The van der Waals surface area contributed by atoms with E-state index in [1.54, 1.807) is 0 Å². The Bertz CT molecular complexity index is 667. The van der Waals surface area contributed by atoms with Crippen molar-refractivity contribution in [1.29, 1.82) is 0 Å². The van der Waals surface area contributed by atoms with Crippen LogP contribution in [0.4, 0.5) is 0 Å². The highest BCUT2D eigenvalue weighted by molar-refractivity contribution is 7.10. The van der Waals surface area contributed by atoms with E-state index in [2.05, 4.69) is 50.3 Å². The van der Waals surface area contributed by atoms with Gasteiger partial charge in [0, 0.05) is 31.1 Å². The summed E-state index contributed by atoms with van der Waals surface area (Å²) >= 11 is 1.87. The van der Waals surface area contributed by atoms with E-state index in [0.717, 1.165) is 38.3 Å². The fourth-order valence-corrected chi connectivity index (χ4v) is 4.49. The van der Waals surface area contributed by atoms with Gasteiger partial charge < -0.3 is 9.64 Å². The quantitative estimate of drug-likeness (QED) is 0.853. The molecule has 1 fully saturated rings. The number of rotatable bonds is 4. The van der Waals surface area contributed by atoms with E-state index in [0.29, 0.717) is 12.6 Å². The molecule has 2 aromatic rings. The molecule has 124 valence electrons. The van der Waals surface area contributed by atoms with Crippen molar-refractivity contribution < 1.29 is 4.74 Å². The number of ether oxygens (including phenoxy) is 1. The van der Waals surface area contributed by atoms with Gasteiger partial charge in [0.05, 0.1) is 30.6 Å². The summed E-state index contributed by atoms with van der Waals surface area (Å²) in [6, 6.07) is 2.64. The van der Waals surface area contributed by atoms with Gasteiger partial charge in [0.1, 0.15) is 0 Å². The fraction of sp³-hybridized carbons (Fsp3) is 0.625. The lowest BCUT2D eigenvalue weighted by Gasteiger charge is -2.40. The van der Waals surface area contributed by atoms with Gasteiger partial charge in [-0.05, 0) is 37.5 Å². The van der Waals surface area contributed by atoms with Crippen LogP contribution in [0.2, 0.25) is 0 Å². The molecule has 0 unspecified atom stereocenters. The molecule has 0 radical (unpaired) electrons. The monoisotopic (exact) mass is 333 g/mol. The van der Waals surface area contributed by atoms with Gasteiger partial charge in [0.25, 0.3) is 0 Å². The van der Waals surface area contributed by atoms with Gasteiger partial charge in [0.15, 0.2) is 0 Å². The first-order valence-electron chi connectivity index (χ1n) is 8.13. The number of fused-ring (bicyclic) bond motifs is 3. The van der Waals surface area contributed by atoms with Gasteiger partial charge in [-0.15, -0.1) is 16.4 Å². The van der Waals surface area contributed by atoms with Crippen LogP contribution >= 0.6 is 11.3 Å². The van der Waals surface area contributed by atoms with Gasteiger partial charge in [-0.2, -0.15) is 0 Å². The zero-order chi connectivity index (χ0) is 15.8. The standard InChI is InChI=1S/C16H23N5OS/c1-19(2)7-12-5-14(23-11-12)8-20-4-3-16-15(9-20)21-13(10-22-16)6-17-18-21/h5-6,11,15-16H,3-4,7-10H2,1-2H3/t15-,16-/m0/s1. The molecule has 23 heavy (non-hydrogen) atoms. The van der Waals surface area contributed by atoms with Gasteiger partial charge in [-0.3, -0.25) is 4.90 Å². The Morgan fingerprint density at radius 1 is 1.43 bits per heavy atom. The first-order valence-corrected chi connectivity index (χ1v) is 9.01. The fourth-order valence-electron chi connectivity index (χ4n) is 3.57. The van der Waals surface area contributed by atoms with Crippen LogP contribution in [-0.4, -0.2) is 58.1 Å². The lowest BCUT2D eigenvalue weighted by molar-refractivity contribution is -0.0668. The smallest absolute Gasteiger partial charge is 0.0930 e. The minimum absolute atomic E-state index is 0.285. The topological polar surface area (TPSA) is 46.4 Å². The van der Waals surface area contributed by atoms with Crippen LogP contribution in [0, 0.1) is 0 Å². The molecule has 7 heteroatoms. The Morgan fingerprint density at radius 3 is 3.22 bits per heavy atom. The van der Waals surface area contributed by atoms with E-state index >= 15 is 0 Å². The minimum atomic E-state index is 0.285. The van der Waals surface area contributed by atoms with Crippen LogP contribution in [0.15, 0.2) is 17.6 Å². The summed E-state index contributed by atoms with van der Waals surface area (Å²) in [7, 11) is 4.22. The molecule has 4 rings (SSSR count). The van der Waals surface area contributed by atoms with E-state index < -0.39 is 0 Å². The Labute approximate surface area is 140 Å². The van der Waals surface area contributed by atoms with Crippen molar-refractivity contribution in [2.24, 2.45) is 0 Å². The molecule has 2 aliphatic rings. The molecule has 0 saturated carbocycles. The molecule has 0 spiro atoms. The third-order valence-corrected chi connectivity index (χ3v) is 5.57. The number of likely N-dealkylation sites (tertiary alicyclic amines) is 1. The molecular formula is C16H23N5OS. The van der Waals surface area contributed by atoms with E-state index in [4.69, 9.17) is 4.74 Å². The maximum atomic E-state index is 5.98. The summed E-state index contributed by atoms with van der Waals surface area (Å²) in [4.78, 5) is 6.17. The predicted octanol–water partition coefficient (Wildman–Crippen LogP) is 1.75. The van der Waals surface area contributed by atoms with Crippen molar-refractivity contribution in [2.45, 2.75) is 38.3 Å².